The van der Waals surface area contributed by atoms with E-state index in [1.165, 1.54) is 0 Å². The molecule has 2 aromatic rings. The van der Waals surface area contributed by atoms with Gasteiger partial charge in [-0.05, 0) is 48.9 Å². The van der Waals surface area contributed by atoms with Crippen LogP contribution < -0.4 is 4.74 Å². The number of rotatable bonds is 4. The average Bonchev–Trinajstić information content (AvgIpc) is 2.42. The molecule has 0 heterocycles. The fourth-order valence-corrected chi connectivity index (χ4v) is 2.13. The van der Waals surface area contributed by atoms with E-state index in [9.17, 15) is 4.79 Å². The van der Waals surface area contributed by atoms with Gasteiger partial charge < -0.3 is 9.84 Å². The van der Waals surface area contributed by atoms with Crippen LogP contribution in [-0.2, 0) is 4.79 Å². The number of ether oxygens (including phenoxy) is 1. The zero-order valence-electron chi connectivity index (χ0n) is 10.6. The van der Waals surface area contributed by atoms with Crippen LogP contribution in [0.3, 0.4) is 0 Å². The highest BCUT2D eigenvalue weighted by Gasteiger charge is 2.15. The third-order valence-corrected chi connectivity index (χ3v) is 3.69. The molecule has 104 valence electrons. The molecular weight excluding hydrogens is 344 g/mol. The van der Waals surface area contributed by atoms with Crippen LogP contribution in [0.15, 0.2) is 46.9 Å². The second-order valence-electron chi connectivity index (χ2n) is 4.31. The highest BCUT2D eigenvalue weighted by molar-refractivity contribution is 9.10. The molecular formula is C15H12BrClO3. The normalized spacial score (nSPS) is 11.9. The first-order chi connectivity index (χ1) is 9.47. The molecule has 0 aliphatic carbocycles. The molecule has 3 nitrogen and oxygen atoms in total. The van der Waals surface area contributed by atoms with Crippen LogP contribution in [0.4, 0.5) is 0 Å². The smallest absolute Gasteiger partial charge is 0.310 e. The molecule has 20 heavy (non-hydrogen) atoms. The number of aliphatic carboxylic acids is 1. The third kappa shape index (κ3) is 3.52. The summed E-state index contributed by atoms with van der Waals surface area (Å²) in [6.07, 6.45) is 0. The Morgan fingerprint density at radius 1 is 1.25 bits per heavy atom. The van der Waals surface area contributed by atoms with E-state index >= 15 is 0 Å². The molecule has 0 amide bonds. The number of carbonyl (C=O) groups is 1. The lowest BCUT2D eigenvalue weighted by Crippen LogP contribution is -2.07. The van der Waals surface area contributed by atoms with Gasteiger partial charge in [0.25, 0.3) is 0 Å². The van der Waals surface area contributed by atoms with Crippen molar-refractivity contribution in [3.8, 4) is 11.5 Å². The van der Waals surface area contributed by atoms with Crippen molar-refractivity contribution in [3.05, 3.63) is 57.5 Å². The summed E-state index contributed by atoms with van der Waals surface area (Å²) in [6, 6.07) is 12.4. The molecule has 0 aliphatic rings. The van der Waals surface area contributed by atoms with E-state index in [-0.39, 0.29) is 0 Å². The van der Waals surface area contributed by atoms with E-state index < -0.39 is 11.9 Å². The second kappa shape index (κ2) is 6.29. The predicted molar refractivity (Wildman–Crippen MR) is 81.7 cm³/mol. The van der Waals surface area contributed by atoms with Crippen LogP contribution in [-0.4, -0.2) is 11.1 Å². The van der Waals surface area contributed by atoms with Gasteiger partial charge in [0.05, 0.1) is 10.9 Å². The van der Waals surface area contributed by atoms with E-state index in [4.69, 9.17) is 21.4 Å². The molecule has 0 radical (unpaired) electrons. The van der Waals surface area contributed by atoms with Gasteiger partial charge in [0.1, 0.15) is 11.5 Å². The Morgan fingerprint density at radius 2 is 1.90 bits per heavy atom. The summed E-state index contributed by atoms with van der Waals surface area (Å²) in [5, 5.41) is 9.37. The van der Waals surface area contributed by atoms with Crippen molar-refractivity contribution < 1.29 is 14.6 Å². The van der Waals surface area contributed by atoms with Crippen LogP contribution in [0.2, 0.25) is 5.02 Å². The number of hydrogen-bond acceptors (Lipinski definition) is 2. The summed E-state index contributed by atoms with van der Waals surface area (Å²) < 4.78 is 6.62. The Morgan fingerprint density at radius 3 is 2.45 bits per heavy atom. The molecule has 0 saturated carbocycles. The molecule has 1 atom stereocenters. The summed E-state index contributed by atoms with van der Waals surface area (Å²) in [5.74, 6) is -0.332. The van der Waals surface area contributed by atoms with Gasteiger partial charge in [-0.25, -0.2) is 0 Å². The fraction of sp³-hybridized carbons (Fsp3) is 0.133. The lowest BCUT2D eigenvalue weighted by atomic mass is 10.0. The van der Waals surface area contributed by atoms with Crippen molar-refractivity contribution in [3.63, 3.8) is 0 Å². The number of halogens is 2. The highest BCUT2D eigenvalue weighted by atomic mass is 79.9. The Balaban J connectivity index is 2.21. The third-order valence-electron chi connectivity index (χ3n) is 2.87. The van der Waals surface area contributed by atoms with Crippen molar-refractivity contribution >= 4 is 33.5 Å². The standard InChI is InChI=1S/C15H12BrClO3/c1-9(15(18)19)10-2-7-14(13(17)8-10)20-12-5-3-11(16)4-6-12/h2-9H,1H3,(H,18,19). The predicted octanol–water partition coefficient (Wildman–Crippen LogP) is 5.08. The Labute approximate surface area is 130 Å². The van der Waals surface area contributed by atoms with Crippen molar-refractivity contribution in [1.29, 1.82) is 0 Å². The van der Waals surface area contributed by atoms with Gasteiger partial charge in [-0.15, -0.1) is 0 Å². The monoisotopic (exact) mass is 354 g/mol. The first-order valence-corrected chi connectivity index (χ1v) is 7.10. The van der Waals surface area contributed by atoms with E-state index in [0.29, 0.717) is 22.1 Å². The minimum Gasteiger partial charge on any atom is -0.481 e. The lowest BCUT2D eigenvalue weighted by Gasteiger charge is -2.11. The van der Waals surface area contributed by atoms with Crippen LogP contribution in [0.5, 0.6) is 11.5 Å². The summed E-state index contributed by atoms with van der Waals surface area (Å²) >= 11 is 9.48. The maximum atomic E-state index is 10.9. The molecule has 1 N–H and O–H groups in total. The zero-order valence-corrected chi connectivity index (χ0v) is 13.0. The maximum Gasteiger partial charge on any atom is 0.310 e. The molecule has 2 rings (SSSR count). The van der Waals surface area contributed by atoms with Gasteiger partial charge >= 0.3 is 5.97 Å². The zero-order chi connectivity index (χ0) is 14.7. The summed E-state index contributed by atoms with van der Waals surface area (Å²) in [6.45, 7) is 1.61. The maximum absolute atomic E-state index is 10.9. The molecule has 2 aromatic carbocycles. The van der Waals surface area contributed by atoms with E-state index in [1.54, 1.807) is 25.1 Å². The molecule has 5 heteroatoms. The minimum absolute atomic E-state index is 0.388. The number of carboxylic acids is 1. The Hall–Kier alpha value is -1.52. The summed E-state index contributed by atoms with van der Waals surface area (Å²) in [7, 11) is 0. The lowest BCUT2D eigenvalue weighted by molar-refractivity contribution is -0.138. The highest BCUT2D eigenvalue weighted by Crippen LogP contribution is 2.32. The molecule has 0 fully saturated rings. The first-order valence-electron chi connectivity index (χ1n) is 5.93. The van der Waals surface area contributed by atoms with Crippen LogP contribution in [0.1, 0.15) is 18.4 Å². The molecule has 0 saturated heterocycles. The van der Waals surface area contributed by atoms with Crippen LogP contribution >= 0.6 is 27.5 Å². The largest absolute Gasteiger partial charge is 0.481 e. The van der Waals surface area contributed by atoms with E-state index in [2.05, 4.69) is 15.9 Å². The Kier molecular flexibility index (Phi) is 4.68. The number of benzene rings is 2. The number of carboxylic acid groups (broad SMARTS) is 1. The van der Waals surface area contributed by atoms with E-state index in [1.807, 2.05) is 24.3 Å². The van der Waals surface area contributed by atoms with Crippen LogP contribution in [0, 0.1) is 0 Å². The van der Waals surface area contributed by atoms with E-state index in [0.717, 1.165) is 4.47 Å². The van der Waals surface area contributed by atoms with Crippen molar-refractivity contribution in [2.24, 2.45) is 0 Å². The number of hydrogen-bond donors (Lipinski definition) is 1. The van der Waals surface area contributed by atoms with Crippen molar-refractivity contribution in [1.82, 2.24) is 0 Å². The molecule has 0 spiro atoms. The van der Waals surface area contributed by atoms with Gasteiger partial charge in [0, 0.05) is 4.47 Å². The fourth-order valence-electron chi connectivity index (χ4n) is 1.64. The van der Waals surface area contributed by atoms with Crippen molar-refractivity contribution in [2.75, 3.05) is 0 Å². The van der Waals surface area contributed by atoms with Gasteiger partial charge in [0.15, 0.2) is 0 Å². The minimum atomic E-state index is -0.886. The Bertz CT molecular complexity index is 626. The van der Waals surface area contributed by atoms with Gasteiger partial charge in [-0.3, -0.25) is 4.79 Å². The molecule has 0 aliphatic heterocycles. The quantitative estimate of drug-likeness (QED) is 0.831. The topological polar surface area (TPSA) is 46.5 Å². The first kappa shape index (κ1) is 14.9. The SMILES string of the molecule is CC(C(=O)O)c1ccc(Oc2ccc(Br)cc2)c(Cl)c1. The second-order valence-corrected chi connectivity index (χ2v) is 5.63. The average molecular weight is 356 g/mol. The summed E-state index contributed by atoms with van der Waals surface area (Å²) in [5.41, 5.74) is 0.644. The van der Waals surface area contributed by atoms with Crippen molar-refractivity contribution in [2.45, 2.75) is 12.8 Å². The van der Waals surface area contributed by atoms with Gasteiger partial charge in [-0.2, -0.15) is 0 Å². The van der Waals surface area contributed by atoms with Gasteiger partial charge in [0.2, 0.25) is 0 Å². The van der Waals surface area contributed by atoms with Gasteiger partial charge in [-0.1, -0.05) is 33.6 Å². The summed E-state index contributed by atoms with van der Waals surface area (Å²) in [4.78, 5) is 10.9. The molecule has 0 aromatic heterocycles. The molecule has 1 unspecified atom stereocenters. The van der Waals surface area contributed by atoms with Crippen LogP contribution in [0.25, 0.3) is 0 Å². The molecule has 0 bridgehead atoms.